The van der Waals surface area contributed by atoms with Gasteiger partial charge in [-0.05, 0) is 62.2 Å². The summed E-state index contributed by atoms with van der Waals surface area (Å²) in [4.78, 5) is 24.8. The average Bonchev–Trinajstić information content (AvgIpc) is 3.29. The maximum atomic E-state index is 12.7. The van der Waals surface area contributed by atoms with Crippen molar-refractivity contribution in [2.75, 3.05) is 17.6 Å². The first-order chi connectivity index (χ1) is 17.0. The molecule has 0 aliphatic carbocycles. The molecule has 35 heavy (non-hydrogen) atoms. The van der Waals surface area contributed by atoms with E-state index in [0.29, 0.717) is 28.8 Å². The lowest BCUT2D eigenvalue weighted by molar-refractivity contribution is -0.113. The van der Waals surface area contributed by atoms with Crippen LogP contribution in [0.25, 0.3) is 17.1 Å². The summed E-state index contributed by atoms with van der Waals surface area (Å²) in [5.41, 5.74) is 5.31. The highest BCUT2D eigenvalue weighted by molar-refractivity contribution is 7.99. The number of nitrogens with zero attached hydrogens (tertiary/aromatic N) is 3. The third kappa shape index (κ3) is 5.78. The summed E-state index contributed by atoms with van der Waals surface area (Å²) in [5, 5.41) is 15.1. The molecule has 0 saturated heterocycles. The topological polar surface area (TPSA) is 88.9 Å². The molecule has 0 radical (unpaired) electrons. The molecule has 0 saturated carbocycles. The van der Waals surface area contributed by atoms with Crippen LogP contribution in [0.4, 0.5) is 5.69 Å². The Bertz CT molecular complexity index is 1350. The Balaban J connectivity index is 1.55. The van der Waals surface area contributed by atoms with Crippen LogP contribution in [0.2, 0.25) is 0 Å². The third-order valence-corrected chi connectivity index (χ3v) is 6.42. The van der Waals surface area contributed by atoms with E-state index in [0.717, 1.165) is 16.8 Å². The van der Waals surface area contributed by atoms with E-state index in [1.165, 1.54) is 17.3 Å². The summed E-state index contributed by atoms with van der Waals surface area (Å²) < 4.78 is 1.98. The van der Waals surface area contributed by atoms with Gasteiger partial charge in [-0.15, -0.1) is 10.2 Å². The predicted octanol–water partition coefficient (Wildman–Crippen LogP) is 5.03. The number of benzene rings is 3. The lowest BCUT2D eigenvalue weighted by Gasteiger charge is -2.12. The minimum Gasteiger partial charge on any atom is -0.352 e. The summed E-state index contributed by atoms with van der Waals surface area (Å²) in [6.45, 7) is 6.55. The number of nitrogens with one attached hydrogen (secondary N) is 2. The third-order valence-electron chi connectivity index (χ3n) is 5.49. The number of anilines is 1. The fourth-order valence-corrected chi connectivity index (χ4v) is 4.31. The summed E-state index contributed by atoms with van der Waals surface area (Å²) in [7, 11) is 0. The van der Waals surface area contributed by atoms with Crippen molar-refractivity contribution < 1.29 is 9.59 Å². The molecule has 1 heterocycles. The van der Waals surface area contributed by atoms with Crippen molar-refractivity contribution in [2.45, 2.75) is 25.9 Å². The van der Waals surface area contributed by atoms with Gasteiger partial charge in [0.15, 0.2) is 11.0 Å². The Morgan fingerprint density at radius 3 is 2.46 bits per heavy atom. The van der Waals surface area contributed by atoms with Crippen LogP contribution in [0, 0.1) is 13.8 Å². The maximum absolute atomic E-state index is 12.7. The zero-order chi connectivity index (χ0) is 24.8. The molecule has 7 nitrogen and oxygen atoms in total. The van der Waals surface area contributed by atoms with Gasteiger partial charge in [0.25, 0.3) is 5.91 Å². The fraction of sp³-hybridized carbons (Fsp3) is 0.185. The number of rotatable bonds is 8. The van der Waals surface area contributed by atoms with Gasteiger partial charge in [-0.2, -0.15) is 0 Å². The van der Waals surface area contributed by atoms with Gasteiger partial charge in [0.1, 0.15) is 0 Å². The molecular weight excluding hydrogens is 458 g/mol. The first kappa shape index (κ1) is 24.2. The van der Waals surface area contributed by atoms with E-state index in [4.69, 9.17) is 0 Å². The highest BCUT2D eigenvalue weighted by Gasteiger charge is 2.18. The van der Waals surface area contributed by atoms with Crippen molar-refractivity contribution >= 4 is 29.3 Å². The number of carbonyl (C=O) groups is 2. The average molecular weight is 486 g/mol. The molecule has 0 spiro atoms. The Hall–Kier alpha value is -3.91. The molecule has 0 unspecified atom stereocenters. The number of amides is 2. The second-order valence-corrected chi connectivity index (χ2v) is 9.00. The molecule has 4 aromatic rings. The van der Waals surface area contributed by atoms with Gasteiger partial charge < -0.3 is 10.6 Å². The smallest absolute Gasteiger partial charge is 0.251 e. The van der Waals surface area contributed by atoms with Crippen molar-refractivity contribution in [1.82, 2.24) is 20.1 Å². The summed E-state index contributed by atoms with van der Waals surface area (Å²) in [6.07, 6.45) is 0. The van der Waals surface area contributed by atoms with Gasteiger partial charge in [-0.25, -0.2) is 0 Å². The second kappa shape index (κ2) is 11.0. The van der Waals surface area contributed by atoms with E-state index in [2.05, 4.69) is 46.8 Å². The molecular formula is C27H27N5O2S. The summed E-state index contributed by atoms with van der Waals surface area (Å²) >= 11 is 1.31. The zero-order valence-corrected chi connectivity index (χ0v) is 20.7. The molecule has 2 N–H and O–H groups in total. The Morgan fingerprint density at radius 2 is 1.71 bits per heavy atom. The Morgan fingerprint density at radius 1 is 0.914 bits per heavy atom. The monoisotopic (exact) mass is 485 g/mol. The number of hydrogen-bond donors (Lipinski definition) is 2. The van der Waals surface area contributed by atoms with Gasteiger partial charge in [0, 0.05) is 23.4 Å². The molecule has 0 aliphatic heterocycles. The van der Waals surface area contributed by atoms with Crippen LogP contribution in [0.1, 0.15) is 28.4 Å². The van der Waals surface area contributed by atoms with Crippen LogP contribution < -0.4 is 10.6 Å². The highest BCUT2D eigenvalue weighted by Crippen LogP contribution is 2.29. The van der Waals surface area contributed by atoms with E-state index < -0.39 is 0 Å². The van der Waals surface area contributed by atoms with Crippen molar-refractivity contribution in [3.8, 4) is 17.1 Å². The van der Waals surface area contributed by atoms with Crippen LogP contribution >= 0.6 is 11.8 Å². The summed E-state index contributed by atoms with van der Waals surface area (Å²) in [6, 6.07) is 23.0. The number of aromatic nitrogens is 3. The number of carbonyl (C=O) groups excluding carboxylic acids is 2. The van der Waals surface area contributed by atoms with Gasteiger partial charge in [-0.3, -0.25) is 14.2 Å². The molecule has 1 aromatic heterocycles. The largest absolute Gasteiger partial charge is 0.352 e. The quantitative estimate of drug-likeness (QED) is 0.342. The SMILES string of the molecule is CCNC(=O)c1cccc(NC(=O)CSc2nnc(-c3ccccc3)n2-c2ccc(C)c(C)c2)c1. The normalized spacial score (nSPS) is 10.7. The van der Waals surface area contributed by atoms with Crippen LogP contribution in [0.15, 0.2) is 78.0 Å². The minimum atomic E-state index is -0.195. The van der Waals surface area contributed by atoms with Crippen LogP contribution in [-0.2, 0) is 4.79 Å². The van der Waals surface area contributed by atoms with Crippen molar-refractivity contribution in [3.05, 3.63) is 89.5 Å². The van der Waals surface area contributed by atoms with E-state index in [1.54, 1.807) is 24.3 Å². The van der Waals surface area contributed by atoms with E-state index in [-0.39, 0.29) is 17.6 Å². The lowest BCUT2D eigenvalue weighted by Crippen LogP contribution is -2.23. The van der Waals surface area contributed by atoms with Crippen LogP contribution in [0.5, 0.6) is 0 Å². The van der Waals surface area contributed by atoms with E-state index in [1.807, 2.05) is 47.9 Å². The van der Waals surface area contributed by atoms with Gasteiger partial charge in [-0.1, -0.05) is 54.2 Å². The number of aryl methyl sites for hydroxylation is 2. The van der Waals surface area contributed by atoms with Crippen LogP contribution in [0.3, 0.4) is 0 Å². The maximum Gasteiger partial charge on any atom is 0.251 e. The fourth-order valence-electron chi connectivity index (χ4n) is 3.56. The van der Waals surface area contributed by atoms with E-state index >= 15 is 0 Å². The molecule has 2 amide bonds. The lowest BCUT2D eigenvalue weighted by atomic mass is 10.1. The number of thioether (sulfide) groups is 1. The molecule has 0 aliphatic rings. The second-order valence-electron chi connectivity index (χ2n) is 8.05. The van der Waals surface area contributed by atoms with Crippen molar-refractivity contribution in [3.63, 3.8) is 0 Å². The summed E-state index contributed by atoms with van der Waals surface area (Å²) in [5.74, 6) is 0.488. The first-order valence-electron chi connectivity index (χ1n) is 11.4. The van der Waals surface area contributed by atoms with Gasteiger partial charge >= 0.3 is 0 Å². The van der Waals surface area contributed by atoms with Gasteiger partial charge in [0.2, 0.25) is 5.91 Å². The van der Waals surface area contributed by atoms with Gasteiger partial charge in [0.05, 0.1) is 11.4 Å². The molecule has 3 aromatic carbocycles. The molecule has 0 bridgehead atoms. The molecule has 178 valence electrons. The Labute approximate surface area is 209 Å². The molecule has 0 fully saturated rings. The zero-order valence-electron chi connectivity index (χ0n) is 19.9. The van der Waals surface area contributed by atoms with E-state index in [9.17, 15) is 9.59 Å². The Kier molecular flexibility index (Phi) is 7.62. The predicted molar refractivity (Wildman–Crippen MR) is 140 cm³/mol. The van der Waals surface area contributed by atoms with Crippen molar-refractivity contribution in [2.24, 2.45) is 0 Å². The molecule has 4 rings (SSSR count). The van der Waals surface area contributed by atoms with Crippen molar-refractivity contribution in [1.29, 1.82) is 0 Å². The first-order valence-corrected chi connectivity index (χ1v) is 12.3. The van der Waals surface area contributed by atoms with Crippen LogP contribution in [-0.4, -0.2) is 38.9 Å². The highest BCUT2D eigenvalue weighted by atomic mass is 32.2. The minimum absolute atomic E-state index is 0.142. The number of hydrogen-bond acceptors (Lipinski definition) is 5. The molecule has 0 atom stereocenters. The standard InChI is InChI=1S/C27H27N5O2S/c1-4-28-26(34)21-11-8-12-22(16-21)29-24(33)17-35-27-31-30-25(20-9-6-5-7-10-20)32(27)23-14-13-18(2)19(3)15-23/h5-16H,4,17H2,1-3H3,(H,28,34)(H,29,33). The molecule has 8 heteroatoms.